The lowest BCUT2D eigenvalue weighted by atomic mass is 10.0. The van der Waals surface area contributed by atoms with Crippen LogP contribution in [-0.2, 0) is 23.7 Å². The number of unbranched alkanes of at least 4 members (excludes halogenated alkanes) is 1. The summed E-state index contributed by atoms with van der Waals surface area (Å²) in [5.74, 6) is -0.567. The lowest BCUT2D eigenvalue weighted by Gasteiger charge is -2.26. The average molecular weight is 274 g/mol. The van der Waals surface area contributed by atoms with Crippen molar-refractivity contribution in [1.82, 2.24) is 0 Å². The molecular formula is C14H26O5. The predicted octanol–water partition coefficient (Wildman–Crippen LogP) is 2.08. The summed E-state index contributed by atoms with van der Waals surface area (Å²) in [5, 5.41) is 0. The SMILES string of the molecule is CCCC[C@H](OCOC)[C@H]1OC(C)(C)O[C@@H]1[C@@H]1CO1. The summed E-state index contributed by atoms with van der Waals surface area (Å²) in [4.78, 5) is 0. The monoisotopic (exact) mass is 274 g/mol. The van der Waals surface area contributed by atoms with E-state index in [4.69, 9.17) is 23.7 Å². The second kappa shape index (κ2) is 6.50. The first-order chi connectivity index (χ1) is 9.07. The predicted molar refractivity (Wildman–Crippen MR) is 69.8 cm³/mol. The van der Waals surface area contributed by atoms with Crippen molar-refractivity contribution in [3.63, 3.8) is 0 Å². The molecule has 4 atom stereocenters. The molecule has 0 amide bonds. The van der Waals surface area contributed by atoms with Gasteiger partial charge in [0, 0.05) is 7.11 Å². The molecule has 2 fully saturated rings. The summed E-state index contributed by atoms with van der Waals surface area (Å²) in [6.45, 7) is 7.09. The Morgan fingerprint density at radius 1 is 1.32 bits per heavy atom. The zero-order chi connectivity index (χ0) is 13.9. The minimum absolute atomic E-state index is 0.00382. The molecule has 2 heterocycles. The number of rotatable bonds is 8. The smallest absolute Gasteiger partial charge is 0.164 e. The molecule has 5 nitrogen and oxygen atoms in total. The molecule has 19 heavy (non-hydrogen) atoms. The first-order valence-electron chi connectivity index (χ1n) is 7.15. The Bertz CT molecular complexity index is 269. The van der Waals surface area contributed by atoms with E-state index in [-0.39, 0.29) is 31.2 Å². The third-order valence-corrected chi connectivity index (χ3v) is 3.50. The molecule has 0 saturated carbocycles. The maximum absolute atomic E-state index is 6.04. The van der Waals surface area contributed by atoms with Crippen molar-refractivity contribution in [1.29, 1.82) is 0 Å². The summed E-state index contributed by atoms with van der Waals surface area (Å²) in [6, 6.07) is 0. The average Bonchev–Trinajstić information content (AvgIpc) is 3.14. The van der Waals surface area contributed by atoms with Gasteiger partial charge in [0.1, 0.15) is 25.1 Å². The van der Waals surface area contributed by atoms with Crippen LogP contribution in [-0.4, -0.2) is 50.7 Å². The van der Waals surface area contributed by atoms with Crippen LogP contribution in [0.4, 0.5) is 0 Å². The van der Waals surface area contributed by atoms with E-state index in [1.165, 1.54) is 0 Å². The summed E-state index contributed by atoms with van der Waals surface area (Å²) in [6.07, 6.45) is 3.23. The largest absolute Gasteiger partial charge is 0.370 e. The molecular weight excluding hydrogens is 248 g/mol. The Morgan fingerprint density at radius 2 is 2.05 bits per heavy atom. The minimum atomic E-state index is -0.567. The molecule has 2 rings (SSSR count). The molecule has 2 aliphatic rings. The second-order valence-corrected chi connectivity index (χ2v) is 5.69. The van der Waals surface area contributed by atoms with Gasteiger partial charge in [0.05, 0.1) is 12.7 Å². The van der Waals surface area contributed by atoms with E-state index in [2.05, 4.69) is 6.92 Å². The van der Waals surface area contributed by atoms with Gasteiger partial charge < -0.3 is 23.7 Å². The molecule has 0 aromatic rings. The van der Waals surface area contributed by atoms with Crippen molar-refractivity contribution in [2.24, 2.45) is 0 Å². The van der Waals surface area contributed by atoms with Gasteiger partial charge in [0.2, 0.25) is 0 Å². The Hall–Kier alpha value is -0.200. The van der Waals surface area contributed by atoms with Gasteiger partial charge in [-0.1, -0.05) is 19.8 Å². The Morgan fingerprint density at radius 3 is 2.63 bits per heavy atom. The fourth-order valence-electron chi connectivity index (χ4n) is 2.54. The molecule has 0 aromatic carbocycles. The highest BCUT2D eigenvalue weighted by Crippen LogP contribution is 2.37. The number of epoxide rings is 1. The number of methoxy groups -OCH3 is 1. The van der Waals surface area contributed by atoms with Crippen LogP contribution in [0.5, 0.6) is 0 Å². The number of hydrogen-bond acceptors (Lipinski definition) is 5. The van der Waals surface area contributed by atoms with E-state index >= 15 is 0 Å². The Labute approximate surface area is 115 Å². The van der Waals surface area contributed by atoms with Gasteiger partial charge in [-0.2, -0.15) is 0 Å². The molecule has 112 valence electrons. The molecule has 0 aliphatic carbocycles. The summed E-state index contributed by atoms with van der Waals surface area (Å²) in [5.41, 5.74) is 0. The molecule has 0 radical (unpaired) electrons. The number of hydrogen-bond donors (Lipinski definition) is 0. The molecule has 0 bridgehead atoms. The first-order valence-corrected chi connectivity index (χ1v) is 7.15. The van der Waals surface area contributed by atoms with Gasteiger partial charge >= 0.3 is 0 Å². The molecule has 0 aromatic heterocycles. The van der Waals surface area contributed by atoms with Crippen molar-refractivity contribution in [2.45, 2.75) is 70.2 Å². The maximum atomic E-state index is 6.04. The van der Waals surface area contributed by atoms with Crippen LogP contribution in [0.2, 0.25) is 0 Å². The molecule has 2 aliphatic heterocycles. The number of ether oxygens (including phenoxy) is 5. The zero-order valence-electron chi connectivity index (χ0n) is 12.4. The minimum Gasteiger partial charge on any atom is -0.370 e. The molecule has 2 saturated heterocycles. The maximum Gasteiger partial charge on any atom is 0.164 e. The van der Waals surface area contributed by atoms with Crippen molar-refractivity contribution in [3.8, 4) is 0 Å². The summed E-state index contributed by atoms with van der Waals surface area (Å²) < 4.78 is 28.2. The molecule has 0 N–H and O–H groups in total. The first kappa shape index (κ1) is 15.2. The fraction of sp³-hybridized carbons (Fsp3) is 1.00. The van der Waals surface area contributed by atoms with Gasteiger partial charge in [-0.25, -0.2) is 0 Å². The highest BCUT2D eigenvalue weighted by atomic mass is 16.8. The molecule has 0 unspecified atom stereocenters. The van der Waals surface area contributed by atoms with Crippen molar-refractivity contribution < 1.29 is 23.7 Å². The second-order valence-electron chi connectivity index (χ2n) is 5.69. The van der Waals surface area contributed by atoms with Crippen LogP contribution in [0, 0.1) is 0 Å². The highest BCUT2D eigenvalue weighted by molar-refractivity contribution is 4.95. The lowest BCUT2D eigenvalue weighted by Crippen LogP contribution is -2.40. The van der Waals surface area contributed by atoms with Crippen LogP contribution < -0.4 is 0 Å². The summed E-state index contributed by atoms with van der Waals surface area (Å²) in [7, 11) is 1.63. The molecule has 0 spiro atoms. The molecule has 5 heteroatoms. The van der Waals surface area contributed by atoms with Crippen molar-refractivity contribution in [3.05, 3.63) is 0 Å². The third-order valence-electron chi connectivity index (χ3n) is 3.50. The fourth-order valence-corrected chi connectivity index (χ4v) is 2.54. The highest BCUT2D eigenvalue weighted by Gasteiger charge is 2.52. The van der Waals surface area contributed by atoms with Crippen LogP contribution in [0.1, 0.15) is 40.0 Å². The van der Waals surface area contributed by atoms with Gasteiger partial charge in [-0.15, -0.1) is 0 Å². The van der Waals surface area contributed by atoms with Gasteiger partial charge in [-0.05, 0) is 20.3 Å². The standard InChI is InChI=1S/C14H26O5/c1-5-6-7-10(17-9-15-4)12-13(11-8-16-11)19-14(2,3)18-12/h10-13H,5-9H2,1-4H3/t10-,11-,12+,13+/m0/s1. The third kappa shape index (κ3) is 4.13. The van der Waals surface area contributed by atoms with E-state index in [1.54, 1.807) is 7.11 Å². The van der Waals surface area contributed by atoms with Crippen LogP contribution in [0.15, 0.2) is 0 Å². The van der Waals surface area contributed by atoms with E-state index in [1.807, 2.05) is 13.8 Å². The lowest BCUT2D eigenvalue weighted by molar-refractivity contribution is -0.171. The quantitative estimate of drug-likeness (QED) is 0.501. The van der Waals surface area contributed by atoms with Crippen molar-refractivity contribution >= 4 is 0 Å². The van der Waals surface area contributed by atoms with E-state index in [9.17, 15) is 0 Å². The topological polar surface area (TPSA) is 49.5 Å². The summed E-state index contributed by atoms with van der Waals surface area (Å²) >= 11 is 0. The van der Waals surface area contributed by atoms with Crippen LogP contribution in [0.25, 0.3) is 0 Å². The van der Waals surface area contributed by atoms with Crippen molar-refractivity contribution in [2.75, 3.05) is 20.5 Å². The van der Waals surface area contributed by atoms with Gasteiger partial charge in [0.25, 0.3) is 0 Å². The van der Waals surface area contributed by atoms with Gasteiger partial charge in [0.15, 0.2) is 5.79 Å². The van der Waals surface area contributed by atoms with Crippen LogP contribution in [0.3, 0.4) is 0 Å². The van der Waals surface area contributed by atoms with Gasteiger partial charge in [-0.3, -0.25) is 0 Å². The zero-order valence-corrected chi connectivity index (χ0v) is 12.4. The Balaban J connectivity index is 1.99. The van der Waals surface area contributed by atoms with E-state index in [0.29, 0.717) is 0 Å². The van der Waals surface area contributed by atoms with Crippen LogP contribution >= 0.6 is 0 Å². The van der Waals surface area contributed by atoms with E-state index in [0.717, 1.165) is 25.9 Å². The normalized spacial score (nSPS) is 34.4. The van der Waals surface area contributed by atoms with E-state index < -0.39 is 5.79 Å². The Kier molecular flexibility index (Phi) is 5.20.